The van der Waals surface area contributed by atoms with Gasteiger partial charge in [-0.3, -0.25) is 0 Å². The summed E-state index contributed by atoms with van der Waals surface area (Å²) in [4.78, 5) is 13.6. The molecule has 1 aliphatic rings. The van der Waals surface area contributed by atoms with Crippen LogP contribution in [0.5, 0.6) is 0 Å². The second kappa shape index (κ2) is 5.06. The number of hydrogen-bond donors (Lipinski definition) is 0. The summed E-state index contributed by atoms with van der Waals surface area (Å²) in [5, 5.41) is 0. The van der Waals surface area contributed by atoms with E-state index in [9.17, 15) is 4.79 Å². The van der Waals surface area contributed by atoms with Gasteiger partial charge in [0.25, 0.3) is 0 Å². The predicted octanol–water partition coefficient (Wildman–Crippen LogP) is 3.01. The lowest BCUT2D eigenvalue weighted by Crippen LogP contribution is -2.39. The van der Waals surface area contributed by atoms with E-state index in [0.717, 1.165) is 25.8 Å². The maximum absolute atomic E-state index is 11.8. The van der Waals surface area contributed by atoms with Gasteiger partial charge in [-0.05, 0) is 40.0 Å². The van der Waals surface area contributed by atoms with Crippen LogP contribution in [-0.2, 0) is 4.74 Å². The van der Waals surface area contributed by atoms with Crippen LogP contribution in [0.3, 0.4) is 0 Å². The van der Waals surface area contributed by atoms with E-state index >= 15 is 0 Å². The molecule has 0 unspecified atom stereocenters. The zero-order chi connectivity index (χ0) is 11.5. The lowest BCUT2D eigenvalue weighted by molar-refractivity contribution is 0.0224. The molecule has 0 spiro atoms. The van der Waals surface area contributed by atoms with Gasteiger partial charge in [-0.25, -0.2) is 4.79 Å². The zero-order valence-corrected chi connectivity index (χ0v) is 10.5. The fourth-order valence-corrected chi connectivity index (χ4v) is 2.07. The van der Waals surface area contributed by atoms with Gasteiger partial charge in [-0.1, -0.05) is 0 Å². The third kappa shape index (κ3) is 3.90. The zero-order valence-electron chi connectivity index (χ0n) is 9.75. The van der Waals surface area contributed by atoms with Crippen LogP contribution in [0.2, 0.25) is 0 Å². The van der Waals surface area contributed by atoms with Crippen LogP contribution in [0.15, 0.2) is 0 Å². The number of amides is 1. The number of carbonyl (C=O) groups excluding carboxylic acids is 1. The molecule has 1 aliphatic heterocycles. The fourth-order valence-electron chi connectivity index (χ4n) is 1.82. The Bertz CT molecular complexity index is 225. The topological polar surface area (TPSA) is 29.5 Å². The van der Waals surface area contributed by atoms with Gasteiger partial charge >= 0.3 is 6.09 Å². The SMILES string of the molecule is CC(C)(C)OC(=O)N1CCC[C@H]1CCCl. The molecule has 1 amide bonds. The third-order valence-corrected chi connectivity index (χ3v) is 2.67. The number of rotatable bonds is 2. The summed E-state index contributed by atoms with van der Waals surface area (Å²) in [5.41, 5.74) is -0.412. The van der Waals surface area contributed by atoms with Gasteiger partial charge < -0.3 is 9.64 Å². The predicted molar refractivity (Wildman–Crippen MR) is 61.3 cm³/mol. The molecule has 0 aliphatic carbocycles. The van der Waals surface area contributed by atoms with Crippen LogP contribution in [0.1, 0.15) is 40.0 Å². The monoisotopic (exact) mass is 233 g/mol. The molecule has 15 heavy (non-hydrogen) atoms. The van der Waals surface area contributed by atoms with Crippen LogP contribution in [0.25, 0.3) is 0 Å². The molecule has 0 aromatic heterocycles. The molecule has 1 rings (SSSR count). The van der Waals surface area contributed by atoms with Crippen LogP contribution < -0.4 is 0 Å². The molecule has 1 heterocycles. The molecule has 88 valence electrons. The Labute approximate surface area is 96.7 Å². The molecular formula is C11H20ClNO2. The van der Waals surface area contributed by atoms with Crippen molar-refractivity contribution in [2.24, 2.45) is 0 Å². The van der Waals surface area contributed by atoms with Crippen LogP contribution in [-0.4, -0.2) is 35.1 Å². The average Bonchev–Trinajstić information content (AvgIpc) is 2.49. The number of likely N-dealkylation sites (tertiary alicyclic amines) is 1. The number of halogens is 1. The number of ether oxygens (including phenoxy) is 1. The third-order valence-electron chi connectivity index (χ3n) is 2.45. The minimum Gasteiger partial charge on any atom is -0.444 e. The van der Waals surface area contributed by atoms with Gasteiger partial charge in [0.05, 0.1) is 0 Å². The molecule has 0 aromatic rings. The highest BCUT2D eigenvalue weighted by atomic mass is 35.5. The minimum atomic E-state index is -0.412. The molecule has 0 saturated carbocycles. The molecule has 1 saturated heterocycles. The highest BCUT2D eigenvalue weighted by Crippen LogP contribution is 2.23. The second-order valence-electron chi connectivity index (χ2n) is 4.95. The number of carbonyl (C=O) groups is 1. The Morgan fingerprint density at radius 3 is 2.73 bits per heavy atom. The Balaban J connectivity index is 2.51. The van der Waals surface area contributed by atoms with Crippen molar-refractivity contribution in [2.45, 2.75) is 51.7 Å². The standard InChI is InChI=1S/C11H20ClNO2/c1-11(2,3)15-10(14)13-8-4-5-9(13)6-7-12/h9H,4-8H2,1-3H3/t9-/m0/s1. The molecule has 0 radical (unpaired) electrons. The molecule has 4 heteroatoms. The summed E-state index contributed by atoms with van der Waals surface area (Å²) in [7, 11) is 0. The van der Waals surface area contributed by atoms with E-state index in [1.807, 2.05) is 25.7 Å². The van der Waals surface area contributed by atoms with Crippen molar-refractivity contribution in [1.29, 1.82) is 0 Å². The largest absolute Gasteiger partial charge is 0.444 e. The van der Waals surface area contributed by atoms with Gasteiger partial charge in [0, 0.05) is 18.5 Å². The summed E-state index contributed by atoms with van der Waals surface area (Å²) in [6.45, 7) is 6.46. The number of nitrogens with zero attached hydrogens (tertiary/aromatic N) is 1. The molecule has 0 N–H and O–H groups in total. The van der Waals surface area contributed by atoms with Gasteiger partial charge in [0.15, 0.2) is 0 Å². The van der Waals surface area contributed by atoms with Crippen molar-refractivity contribution in [3.05, 3.63) is 0 Å². The van der Waals surface area contributed by atoms with E-state index in [0.29, 0.717) is 5.88 Å². The highest BCUT2D eigenvalue weighted by Gasteiger charge is 2.31. The van der Waals surface area contributed by atoms with E-state index < -0.39 is 5.60 Å². The van der Waals surface area contributed by atoms with E-state index in [-0.39, 0.29) is 12.1 Å². The van der Waals surface area contributed by atoms with Crippen molar-refractivity contribution in [2.75, 3.05) is 12.4 Å². The first-order valence-electron chi connectivity index (χ1n) is 5.49. The van der Waals surface area contributed by atoms with Gasteiger partial charge in [0.2, 0.25) is 0 Å². The first-order chi connectivity index (χ1) is 6.94. The summed E-state index contributed by atoms with van der Waals surface area (Å²) >= 11 is 5.71. The van der Waals surface area contributed by atoms with Crippen molar-refractivity contribution in [1.82, 2.24) is 4.90 Å². The van der Waals surface area contributed by atoms with Gasteiger partial charge in [-0.15, -0.1) is 11.6 Å². The van der Waals surface area contributed by atoms with Crippen molar-refractivity contribution < 1.29 is 9.53 Å². The van der Waals surface area contributed by atoms with Crippen LogP contribution in [0.4, 0.5) is 4.79 Å². The molecule has 0 bridgehead atoms. The first-order valence-corrected chi connectivity index (χ1v) is 6.03. The van der Waals surface area contributed by atoms with E-state index in [1.165, 1.54) is 0 Å². The summed E-state index contributed by atoms with van der Waals surface area (Å²) in [5.74, 6) is 0.601. The molecule has 1 fully saturated rings. The van der Waals surface area contributed by atoms with Crippen molar-refractivity contribution in [3.63, 3.8) is 0 Å². The van der Waals surface area contributed by atoms with Crippen LogP contribution >= 0.6 is 11.6 Å². The summed E-state index contributed by atoms with van der Waals surface area (Å²) in [6.07, 6.45) is 2.77. The quantitative estimate of drug-likeness (QED) is 0.687. The molecule has 0 aromatic carbocycles. The van der Waals surface area contributed by atoms with E-state index in [2.05, 4.69) is 0 Å². The maximum Gasteiger partial charge on any atom is 0.410 e. The molecule has 1 atom stereocenters. The Kier molecular flexibility index (Phi) is 4.26. The fraction of sp³-hybridized carbons (Fsp3) is 0.909. The normalized spacial score (nSPS) is 21.9. The Hall–Kier alpha value is -0.440. The highest BCUT2D eigenvalue weighted by molar-refractivity contribution is 6.17. The van der Waals surface area contributed by atoms with Gasteiger partial charge in [0.1, 0.15) is 5.60 Å². The number of hydrogen-bond acceptors (Lipinski definition) is 2. The maximum atomic E-state index is 11.8. The van der Waals surface area contributed by atoms with Crippen molar-refractivity contribution in [3.8, 4) is 0 Å². The second-order valence-corrected chi connectivity index (χ2v) is 5.33. The molecular weight excluding hydrogens is 214 g/mol. The molecule has 3 nitrogen and oxygen atoms in total. The average molecular weight is 234 g/mol. The van der Waals surface area contributed by atoms with E-state index in [1.54, 1.807) is 0 Å². The summed E-state index contributed by atoms with van der Waals surface area (Å²) in [6, 6.07) is 0.275. The number of alkyl halides is 1. The Morgan fingerprint density at radius 2 is 2.20 bits per heavy atom. The van der Waals surface area contributed by atoms with Crippen LogP contribution in [0, 0.1) is 0 Å². The Morgan fingerprint density at radius 1 is 1.53 bits per heavy atom. The van der Waals surface area contributed by atoms with E-state index in [4.69, 9.17) is 16.3 Å². The van der Waals surface area contributed by atoms with Crippen molar-refractivity contribution >= 4 is 17.7 Å². The summed E-state index contributed by atoms with van der Waals surface area (Å²) < 4.78 is 5.34. The minimum absolute atomic E-state index is 0.199. The smallest absolute Gasteiger partial charge is 0.410 e. The lowest BCUT2D eigenvalue weighted by Gasteiger charge is -2.28. The first kappa shape index (κ1) is 12.6. The van der Waals surface area contributed by atoms with Gasteiger partial charge in [-0.2, -0.15) is 0 Å². The lowest BCUT2D eigenvalue weighted by atomic mass is 10.2.